The van der Waals surface area contributed by atoms with E-state index in [1.165, 1.54) is 19.2 Å². The van der Waals surface area contributed by atoms with Gasteiger partial charge in [-0.05, 0) is 42.5 Å². The highest BCUT2D eigenvalue weighted by Gasteiger charge is 2.15. The third-order valence-electron chi connectivity index (χ3n) is 2.76. The van der Waals surface area contributed by atoms with Gasteiger partial charge in [0.2, 0.25) is 0 Å². The van der Waals surface area contributed by atoms with Crippen LogP contribution in [0.3, 0.4) is 0 Å². The molecule has 0 unspecified atom stereocenters. The zero-order valence-electron chi connectivity index (χ0n) is 12.1. The molecule has 0 aliphatic rings. The summed E-state index contributed by atoms with van der Waals surface area (Å²) in [6.45, 7) is 1.35. The first kappa shape index (κ1) is 16.9. The van der Waals surface area contributed by atoms with Crippen LogP contribution in [-0.2, 0) is 0 Å². The number of ketones is 1. The number of hydrazine groups is 1. The third kappa shape index (κ3) is 4.73. The molecule has 2 rings (SSSR count). The van der Waals surface area contributed by atoms with E-state index in [0.29, 0.717) is 10.7 Å². The highest BCUT2D eigenvalue weighted by molar-refractivity contribution is 7.80. The van der Waals surface area contributed by atoms with Crippen LogP contribution in [0.2, 0.25) is 5.02 Å². The molecule has 0 fully saturated rings. The van der Waals surface area contributed by atoms with Crippen molar-refractivity contribution in [1.29, 1.82) is 0 Å². The van der Waals surface area contributed by atoms with E-state index < -0.39 is 5.91 Å². The molecule has 0 saturated carbocycles. The minimum atomic E-state index is -0.515. The molecule has 6 nitrogen and oxygen atoms in total. The Bertz CT molecular complexity index is 767. The Hall–Kier alpha value is -2.51. The number of anilines is 1. The molecule has 0 saturated heterocycles. The summed E-state index contributed by atoms with van der Waals surface area (Å²) in [6.07, 6.45) is 1.45. The Morgan fingerprint density at radius 2 is 1.96 bits per heavy atom. The van der Waals surface area contributed by atoms with Gasteiger partial charge in [0.25, 0.3) is 5.91 Å². The van der Waals surface area contributed by atoms with E-state index in [4.69, 9.17) is 23.8 Å². The van der Waals surface area contributed by atoms with Gasteiger partial charge in [0, 0.05) is 23.8 Å². The Labute approximate surface area is 143 Å². The number of rotatable bonds is 3. The molecular formula is C15H13ClN4O2S. The van der Waals surface area contributed by atoms with Crippen molar-refractivity contribution in [2.24, 2.45) is 0 Å². The van der Waals surface area contributed by atoms with Crippen molar-refractivity contribution in [3.63, 3.8) is 0 Å². The first-order valence-corrected chi connectivity index (χ1v) is 7.35. The molecule has 0 aliphatic heterocycles. The van der Waals surface area contributed by atoms with E-state index in [1.54, 1.807) is 30.3 Å². The number of amides is 1. The average molecular weight is 349 g/mol. The number of nitrogens with zero attached hydrogens (tertiary/aromatic N) is 1. The molecular weight excluding hydrogens is 336 g/mol. The maximum atomic E-state index is 12.1. The summed E-state index contributed by atoms with van der Waals surface area (Å²) in [7, 11) is 0. The molecule has 23 heavy (non-hydrogen) atoms. The molecule has 0 aliphatic carbocycles. The molecule has 1 aromatic carbocycles. The summed E-state index contributed by atoms with van der Waals surface area (Å²) < 4.78 is 0. The fourth-order valence-electron chi connectivity index (χ4n) is 1.78. The van der Waals surface area contributed by atoms with Crippen LogP contribution in [0, 0.1) is 0 Å². The fourth-order valence-corrected chi connectivity index (χ4v) is 2.14. The normalized spacial score (nSPS) is 9.83. The van der Waals surface area contributed by atoms with E-state index in [2.05, 4.69) is 21.2 Å². The van der Waals surface area contributed by atoms with Gasteiger partial charge in [-0.25, -0.2) is 0 Å². The number of Topliss-reactive ketones (excluding diaryl/α,β-unsaturated/α-hetero) is 1. The van der Waals surface area contributed by atoms with Crippen molar-refractivity contribution in [2.45, 2.75) is 6.92 Å². The van der Waals surface area contributed by atoms with Crippen molar-refractivity contribution in [1.82, 2.24) is 15.8 Å². The molecule has 0 spiro atoms. The Kier molecular flexibility index (Phi) is 5.61. The number of nitrogens with one attached hydrogen (secondary N) is 3. The summed E-state index contributed by atoms with van der Waals surface area (Å²) >= 11 is 10.9. The number of carbonyl (C=O) groups is 2. The van der Waals surface area contributed by atoms with Crippen molar-refractivity contribution in [2.75, 3.05) is 5.32 Å². The SMILES string of the molecule is CC(=O)c1ncccc1C(=O)NNC(=S)Nc1cccc(Cl)c1. The van der Waals surface area contributed by atoms with Crippen molar-refractivity contribution >= 4 is 46.3 Å². The van der Waals surface area contributed by atoms with Gasteiger partial charge in [0.15, 0.2) is 10.9 Å². The summed E-state index contributed by atoms with van der Waals surface area (Å²) in [5.74, 6) is -0.811. The molecule has 3 N–H and O–H groups in total. The second-order valence-corrected chi connectivity index (χ2v) is 5.34. The van der Waals surface area contributed by atoms with Gasteiger partial charge in [-0.2, -0.15) is 0 Å². The molecule has 0 bridgehead atoms. The number of pyridine rings is 1. The molecule has 2 aromatic rings. The predicted molar refractivity (Wildman–Crippen MR) is 92.5 cm³/mol. The minimum Gasteiger partial charge on any atom is -0.331 e. The van der Waals surface area contributed by atoms with Gasteiger partial charge in [-0.1, -0.05) is 17.7 Å². The van der Waals surface area contributed by atoms with E-state index in [1.807, 2.05) is 0 Å². The summed E-state index contributed by atoms with van der Waals surface area (Å²) in [6, 6.07) is 10.0. The Morgan fingerprint density at radius 3 is 2.65 bits per heavy atom. The molecule has 0 radical (unpaired) electrons. The zero-order valence-corrected chi connectivity index (χ0v) is 13.7. The number of hydrogen-bond donors (Lipinski definition) is 3. The van der Waals surface area contributed by atoms with Crippen molar-refractivity contribution in [3.8, 4) is 0 Å². The van der Waals surface area contributed by atoms with E-state index >= 15 is 0 Å². The Morgan fingerprint density at radius 1 is 1.17 bits per heavy atom. The molecule has 8 heteroatoms. The average Bonchev–Trinajstić information content (AvgIpc) is 2.52. The topological polar surface area (TPSA) is 83.1 Å². The first-order valence-electron chi connectivity index (χ1n) is 6.56. The lowest BCUT2D eigenvalue weighted by Gasteiger charge is -2.12. The second-order valence-electron chi connectivity index (χ2n) is 4.50. The smallest absolute Gasteiger partial charge is 0.271 e. The molecule has 0 atom stereocenters. The lowest BCUT2D eigenvalue weighted by atomic mass is 10.1. The maximum Gasteiger partial charge on any atom is 0.271 e. The Balaban J connectivity index is 1.97. The second kappa shape index (κ2) is 7.66. The van der Waals surface area contributed by atoms with Gasteiger partial charge in [-0.3, -0.25) is 25.4 Å². The number of halogens is 1. The van der Waals surface area contributed by atoms with Gasteiger partial charge >= 0.3 is 0 Å². The number of carbonyl (C=O) groups excluding carboxylic acids is 2. The van der Waals surface area contributed by atoms with E-state index in [9.17, 15) is 9.59 Å². The van der Waals surface area contributed by atoms with Crippen LogP contribution in [0.1, 0.15) is 27.8 Å². The van der Waals surface area contributed by atoms with Crippen LogP contribution < -0.4 is 16.2 Å². The fraction of sp³-hybridized carbons (Fsp3) is 0.0667. The number of aromatic nitrogens is 1. The predicted octanol–water partition coefficient (Wildman–Crippen LogP) is 2.57. The molecule has 1 aromatic heterocycles. The number of thiocarbonyl (C=S) groups is 1. The van der Waals surface area contributed by atoms with Crippen molar-refractivity contribution < 1.29 is 9.59 Å². The lowest BCUT2D eigenvalue weighted by molar-refractivity contribution is 0.0929. The number of hydrogen-bond acceptors (Lipinski definition) is 4. The van der Waals surface area contributed by atoms with E-state index in [-0.39, 0.29) is 22.2 Å². The molecule has 1 amide bonds. The van der Waals surface area contributed by atoms with E-state index in [0.717, 1.165) is 0 Å². The van der Waals surface area contributed by atoms with Gasteiger partial charge in [0.05, 0.1) is 5.56 Å². The van der Waals surface area contributed by atoms with Gasteiger partial charge in [0.1, 0.15) is 5.69 Å². The van der Waals surface area contributed by atoms with Crippen LogP contribution in [-0.4, -0.2) is 21.8 Å². The molecule has 118 valence electrons. The minimum absolute atomic E-state index is 0.0977. The maximum absolute atomic E-state index is 12.1. The van der Waals surface area contributed by atoms with Crippen LogP contribution in [0.15, 0.2) is 42.6 Å². The monoisotopic (exact) mass is 348 g/mol. The van der Waals surface area contributed by atoms with Crippen LogP contribution in [0.4, 0.5) is 5.69 Å². The van der Waals surface area contributed by atoms with Crippen LogP contribution in [0.25, 0.3) is 0 Å². The highest BCUT2D eigenvalue weighted by Crippen LogP contribution is 2.14. The molecule has 1 heterocycles. The highest BCUT2D eigenvalue weighted by atomic mass is 35.5. The van der Waals surface area contributed by atoms with Crippen LogP contribution in [0.5, 0.6) is 0 Å². The van der Waals surface area contributed by atoms with Crippen molar-refractivity contribution in [3.05, 3.63) is 58.9 Å². The summed E-state index contributed by atoms with van der Waals surface area (Å²) in [5.41, 5.74) is 5.90. The zero-order chi connectivity index (χ0) is 16.8. The standard InChI is InChI=1S/C15H13ClN4O2S/c1-9(21)13-12(6-3-7-17-13)14(22)19-20-15(23)18-11-5-2-4-10(16)8-11/h2-8H,1H3,(H,19,22)(H2,18,20,23). The van der Waals surface area contributed by atoms with Gasteiger partial charge in [-0.15, -0.1) is 0 Å². The largest absolute Gasteiger partial charge is 0.331 e. The first-order chi connectivity index (χ1) is 11.0. The third-order valence-corrected chi connectivity index (χ3v) is 3.20. The lowest BCUT2D eigenvalue weighted by Crippen LogP contribution is -2.44. The quantitative estimate of drug-likeness (QED) is 0.449. The number of benzene rings is 1. The van der Waals surface area contributed by atoms with Gasteiger partial charge < -0.3 is 5.32 Å². The summed E-state index contributed by atoms with van der Waals surface area (Å²) in [4.78, 5) is 27.5. The summed E-state index contributed by atoms with van der Waals surface area (Å²) in [5, 5.41) is 3.60. The van der Waals surface area contributed by atoms with Crippen LogP contribution >= 0.6 is 23.8 Å².